The molecule has 2 aromatic carbocycles. The van der Waals surface area contributed by atoms with Gasteiger partial charge in [-0.15, -0.1) is 0 Å². The molecule has 2 heterocycles. The summed E-state index contributed by atoms with van der Waals surface area (Å²) in [5, 5.41) is 7.23. The molecule has 1 aliphatic carbocycles. The van der Waals surface area contributed by atoms with Gasteiger partial charge in [0.05, 0.1) is 22.5 Å². The van der Waals surface area contributed by atoms with E-state index in [4.69, 9.17) is 21.1 Å². The van der Waals surface area contributed by atoms with Crippen molar-refractivity contribution in [2.24, 2.45) is 0 Å². The zero-order chi connectivity index (χ0) is 26.5. The fourth-order valence-electron chi connectivity index (χ4n) is 4.49. The maximum absolute atomic E-state index is 13.1. The van der Waals surface area contributed by atoms with Gasteiger partial charge >= 0.3 is 12.2 Å². The number of alkyl halides is 3. The summed E-state index contributed by atoms with van der Waals surface area (Å²) in [5.74, 6) is 1.03. The molecule has 1 fully saturated rings. The van der Waals surface area contributed by atoms with Gasteiger partial charge in [0.15, 0.2) is 0 Å². The van der Waals surface area contributed by atoms with E-state index in [-0.39, 0.29) is 23.2 Å². The predicted molar refractivity (Wildman–Crippen MR) is 128 cm³/mol. The number of halogens is 4. The van der Waals surface area contributed by atoms with Gasteiger partial charge in [0, 0.05) is 30.6 Å². The summed E-state index contributed by atoms with van der Waals surface area (Å²) in [4.78, 5) is 28.4. The number of fused-ring (bicyclic) bond motifs is 3. The Balaban J connectivity index is 1.28. The first-order valence-corrected chi connectivity index (χ1v) is 11.5. The summed E-state index contributed by atoms with van der Waals surface area (Å²) in [5.41, 5.74) is -0.771. The molecule has 12 heteroatoms. The first-order valence-electron chi connectivity index (χ1n) is 11.1. The van der Waals surface area contributed by atoms with Crippen LogP contribution in [0.3, 0.4) is 0 Å². The number of carbonyl (C=O) groups excluding carboxylic acids is 2. The predicted octanol–water partition coefficient (Wildman–Crippen LogP) is 5.34. The number of ether oxygens (including phenoxy) is 2. The SMILES string of the molecule is CNC(=O)c1cc(Oc2ccc3c(c2)[C@H]2[C@H](NC(=O)Nc4ccc(Cl)c(C(F)(F)F)c4)C2(C)O3)ccn1. The van der Waals surface area contributed by atoms with Crippen molar-refractivity contribution >= 4 is 29.2 Å². The molecule has 5 rings (SSSR count). The van der Waals surface area contributed by atoms with Crippen LogP contribution in [0.2, 0.25) is 5.02 Å². The number of nitrogens with zero attached hydrogens (tertiary/aromatic N) is 1. The van der Waals surface area contributed by atoms with E-state index in [0.29, 0.717) is 17.2 Å². The lowest BCUT2D eigenvalue weighted by Gasteiger charge is -2.16. The topological polar surface area (TPSA) is 102 Å². The Hall–Kier alpha value is -3.99. The molecule has 0 radical (unpaired) electrons. The monoisotopic (exact) mass is 532 g/mol. The van der Waals surface area contributed by atoms with Crippen LogP contribution in [0.1, 0.15) is 34.5 Å². The van der Waals surface area contributed by atoms with Crippen molar-refractivity contribution in [2.75, 3.05) is 12.4 Å². The molecular weight excluding hydrogens is 513 g/mol. The lowest BCUT2D eigenvalue weighted by molar-refractivity contribution is -0.137. The van der Waals surface area contributed by atoms with Gasteiger partial charge in [-0.25, -0.2) is 4.79 Å². The summed E-state index contributed by atoms with van der Waals surface area (Å²) in [6.45, 7) is 1.84. The largest absolute Gasteiger partial charge is 0.484 e. The molecule has 0 bridgehead atoms. The number of anilines is 1. The molecular formula is C25H20ClF3N4O4. The quantitative estimate of drug-likeness (QED) is 0.411. The highest BCUT2D eigenvalue weighted by molar-refractivity contribution is 6.31. The second-order valence-corrected chi connectivity index (χ2v) is 9.20. The van der Waals surface area contributed by atoms with Crippen molar-refractivity contribution in [1.29, 1.82) is 0 Å². The van der Waals surface area contributed by atoms with Gasteiger partial charge < -0.3 is 25.4 Å². The number of hydrogen-bond acceptors (Lipinski definition) is 5. The standard InChI is InChI=1S/C25H20ClF3N4O4/c1-24-20(21(24)33-23(35)32-12-3-5-17(26)16(9-12)25(27,28)29)15-10-13(4-6-19(15)37-24)36-14-7-8-31-18(11-14)22(34)30-2/h3-11,20-21H,1-2H3,(H,30,34)(H2,32,33,35)/t20-,21-,24?/m0/s1. The van der Waals surface area contributed by atoms with E-state index in [2.05, 4.69) is 20.9 Å². The minimum atomic E-state index is -4.65. The fraction of sp³-hybridized carbons (Fsp3) is 0.240. The molecule has 1 unspecified atom stereocenters. The van der Waals surface area contributed by atoms with Gasteiger partial charge in [0.1, 0.15) is 28.5 Å². The molecule has 37 heavy (non-hydrogen) atoms. The Labute approximate surface area is 214 Å². The molecule has 3 N–H and O–H groups in total. The number of nitrogens with one attached hydrogen (secondary N) is 3. The van der Waals surface area contributed by atoms with Gasteiger partial charge in [-0.2, -0.15) is 13.2 Å². The zero-order valence-electron chi connectivity index (χ0n) is 19.4. The second kappa shape index (κ2) is 8.84. The van der Waals surface area contributed by atoms with E-state index >= 15 is 0 Å². The van der Waals surface area contributed by atoms with Crippen LogP contribution in [0.25, 0.3) is 0 Å². The summed E-state index contributed by atoms with van der Waals surface area (Å²) in [6.07, 6.45) is -3.19. The maximum atomic E-state index is 13.1. The molecule has 0 saturated heterocycles. The number of hydrogen-bond donors (Lipinski definition) is 3. The Bertz CT molecular complexity index is 1420. The molecule has 1 aliphatic heterocycles. The van der Waals surface area contributed by atoms with Crippen molar-refractivity contribution in [3.8, 4) is 17.2 Å². The van der Waals surface area contributed by atoms with Gasteiger partial charge in [0.25, 0.3) is 5.91 Å². The molecule has 1 saturated carbocycles. The highest BCUT2D eigenvalue weighted by atomic mass is 35.5. The van der Waals surface area contributed by atoms with Crippen molar-refractivity contribution in [2.45, 2.75) is 30.7 Å². The van der Waals surface area contributed by atoms with Crippen LogP contribution in [0.15, 0.2) is 54.7 Å². The molecule has 8 nitrogen and oxygen atoms in total. The highest BCUT2D eigenvalue weighted by Crippen LogP contribution is 2.62. The third-order valence-electron chi connectivity index (χ3n) is 6.35. The number of pyridine rings is 1. The van der Waals surface area contributed by atoms with Crippen LogP contribution >= 0.6 is 11.6 Å². The Morgan fingerprint density at radius 2 is 1.86 bits per heavy atom. The molecule has 2 aliphatic rings. The number of aromatic nitrogens is 1. The average molecular weight is 533 g/mol. The molecule has 192 valence electrons. The number of carbonyl (C=O) groups is 2. The van der Waals surface area contributed by atoms with Crippen molar-refractivity contribution in [3.63, 3.8) is 0 Å². The maximum Gasteiger partial charge on any atom is 0.417 e. The van der Waals surface area contributed by atoms with E-state index in [1.54, 1.807) is 24.3 Å². The van der Waals surface area contributed by atoms with Gasteiger partial charge in [-0.05, 0) is 49.4 Å². The van der Waals surface area contributed by atoms with Crippen LogP contribution in [-0.4, -0.2) is 35.6 Å². The smallest absolute Gasteiger partial charge is 0.417 e. The summed E-state index contributed by atoms with van der Waals surface area (Å²) in [6, 6.07) is 10.5. The Morgan fingerprint density at radius 1 is 1.11 bits per heavy atom. The third-order valence-corrected chi connectivity index (χ3v) is 6.68. The molecule has 0 spiro atoms. The Morgan fingerprint density at radius 3 is 2.59 bits per heavy atom. The lowest BCUT2D eigenvalue weighted by Crippen LogP contribution is -2.37. The van der Waals surface area contributed by atoms with E-state index in [1.165, 1.54) is 25.4 Å². The fourth-order valence-corrected chi connectivity index (χ4v) is 4.71. The van der Waals surface area contributed by atoms with Crippen LogP contribution in [0.4, 0.5) is 23.7 Å². The summed E-state index contributed by atoms with van der Waals surface area (Å²) in [7, 11) is 1.50. The zero-order valence-corrected chi connectivity index (χ0v) is 20.2. The normalized spacial score (nSPS) is 21.2. The number of rotatable bonds is 5. The molecule has 3 atom stereocenters. The van der Waals surface area contributed by atoms with Gasteiger partial charge in [0.2, 0.25) is 0 Å². The second-order valence-electron chi connectivity index (χ2n) is 8.79. The molecule has 3 aromatic rings. The highest BCUT2D eigenvalue weighted by Gasteiger charge is 2.70. The summed E-state index contributed by atoms with van der Waals surface area (Å²) >= 11 is 5.64. The molecule has 3 amide bonds. The number of benzene rings is 2. The third kappa shape index (κ3) is 4.62. The van der Waals surface area contributed by atoms with Crippen LogP contribution < -0.4 is 25.4 Å². The lowest BCUT2D eigenvalue weighted by atomic mass is 10.1. The van der Waals surface area contributed by atoms with E-state index < -0.39 is 34.4 Å². The van der Waals surface area contributed by atoms with E-state index in [0.717, 1.165) is 17.7 Å². The minimum absolute atomic E-state index is 0.0457. The van der Waals surface area contributed by atoms with Crippen molar-refractivity contribution in [1.82, 2.24) is 15.6 Å². The van der Waals surface area contributed by atoms with Crippen LogP contribution in [0, 0.1) is 0 Å². The first-order chi connectivity index (χ1) is 17.5. The van der Waals surface area contributed by atoms with Gasteiger partial charge in [-0.3, -0.25) is 9.78 Å². The minimum Gasteiger partial charge on any atom is -0.484 e. The first kappa shape index (κ1) is 24.7. The number of amides is 3. The van der Waals surface area contributed by atoms with Crippen LogP contribution in [-0.2, 0) is 6.18 Å². The van der Waals surface area contributed by atoms with E-state index in [9.17, 15) is 22.8 Å². The van der Waals surface area contributed by atoms with Gasteiger partial charge in [-0.1, -0.05) is 11.6 Å². The Kier molecular flexibility index (Phi) is 5.90. The average Bonchev–Trinajstić information content (AvgIpc) is 3.27. The van der Waals surface area contributed by atoms with E-state index in [1.807, 2.05) is 6.92 Å². The molecule has 1 aromatic heterocycles. The van der Waals surface area contributed by atoms with Crippen molar-refractivity contribution in [3.05, 3.63) is 76.6 Å². The number of urea groups is 1. The summed E-state index contributed by atoms with van der Waals surface area (Å²) < 4.78 is 51.3. The van der Waals surface area contributed by atoms with Crippen molar-refractivity contribution < 1.29 is 32.2 Å². The van der Waals surface area contributed by atoms with Crippen LogP contribution in [0.5, 0.6) is 17.2 Å².